The maximum Gasteiger partial charge on any atom is 0.0922 e. The summed E-state index contributed by atoms with van der Waals surface area (Å²) < 4.78 is 2.00. The number of hydrogen-bond acceptors (Lipinski definition) is 1. The molecule has 1 aromatic heterocycles. The van der Waals surface area contributed by atoms with Gasteiger partial charge >= 0.3 is 0 Å². The van der Waals surface area contributed by atoms with Gasteiger partial charge in [0.1, 0.15) is 0 Å². The van der Waals surface area contributed by atoms with Crippen molar-refractivity contribution >= 4 is 22.9 Å². The Morgan fingerprint density at radius 3 is 2.27 bits per heavy atom. The summed E-state index contributed by atoms with van der Waals surface area (Å²) in [5, 5.41) is 9.37. The lowest BCUT2D eigenvalue weighted by Gasteiger charge is -2.06. The fourth-order valence-electron chi connectivity index (χ4n) is 1.28. The summed E-state index contributed by atoms with van der Waals surface area (Å²) in [7, 11) is 0. The molecule has 3 heteroatoms. The lowest BCUT2D eigenvalue weighted by molar-refractivity contribution is 0.193. The van der Waals surface area contributed by atoms with Gasteiger partial charge in [0.25, 0.3) is 0 Å². The highest BCUT2D eigenvalue weighted by atomic mass is 127. The van der Waals surface area contributed by atoms with Crippen molar-refractivity contribution in [1.82, 2.24) is 2.78 Å². The molecule has 0 aromatic carbocycles. The molecule has 0 saturated carbocycles. The standard InChI is InChI=1S/C8H12INO/c1-5-4-6(2)10(9)8(5)7(3)11/h4,7,11H,1-3H3. The summed E-state index contributed by atoms with van der Waals surface area (Å²) in [5.74, 6) is 0. The highest BCUT2D eigenvalue weighted by Crippen LogP contribution is 2.23. The number of aliphatic hydroxyl groups is 1. The van der Waals surface area contributed by atoms with Crippen molar-refractivity contribution < 1.29 is 5.11 Å². The average molecular weight is 265 g/mol. The zero-order chi connectivity index (χ0) is 8.59. The summed E-state index contributed by atoms with van der Waals surface area (Å²) in [6.07, 6.45) is -0.374. The Kier molecular flexibility index (Phi) is 2.59. The van der Waals surface area contributed by atoms with Crippen LogP contribution in [0.3, 0.4) is 0 Å². The van der Waals surface area contributed by atoms with Gasteiger partial charge in [-0.2, -0.15) is 0 Å². The van der Waals surface area contributed by atoms with Crippen LogP contribution in [0.15, 0.2) is 6.07 Å². The second kappa shape index (κ2) is 3.15. The molecule has 11 heavy (non-hydrogen) atoms. The maximum atomic E-state index is 9.37. The van der Waals surface area contributed by atoms with Crippen molar-refractivity contribution in [3.8, 4) is 0 Å². The zero-order valence-electron chi connectivity index (χ0n) is 6.93. The van der Waals surface area contributed by atoms with Gasteiger partial charge in [0.05, 0.1) is 34.7 Å². The molecule has 1 aromatic rings. The van der Waals surface area contributed by atoms with Crippen LogP contribution in [0.25, 0.3) is 0 Å². The van der Waals surface area contributed by atoms with Gasteiger partial charge in [-0.15, -0.1) is 0 Å². The minimum absolute atomic E-state index is 0.374. The van der Waals surface area contributed by atoms with Crippen LogP contribution in [0.5, 0.6) is 0 Å². The van der Waals surface area contributed by atoms with Gasteiger partial charge in [0, 0.05) is 5.69 Å². The second-order valence-corrected chi connectivity index (χ2v) is 3.78. The summed E-state index contributed by atoms with van der Waals surface area (Å²) >= 11 is 2.20. The zero-order valence-corrected chi connectivity index (χ0v) is 9.08. The average Bonchev–Trinajstić information content (AvgIpc) is 2.07. The van der Waals surface area contributed by atoms with E-state index in [1.54, 1.807) is 6.92 Å². The monoisotopic (exact) mass is 265 g/mol. The maximum absolute atomic E-state index is 9.37. The van der Waals surface area contributed by atoms with E-state index in [9.17, 15) is 5.11 Å². The van der Waals surface area contributed by atoms with E-state index in [0.717, 1.165) is 11.3 Å². The van der Waals surface area contributed by atoms with Gasteiger partial charge in [0.15, 0.2) is 0 Å². The van der Waals surface area contributed by atoms with Crippen LogP contribution in [0.4, 0.5) is 0 Å². The molecule has 0 aliphatic rings. The van der Waals surface area contributed by atoms with Crippen molar-refractivity contribution in [2.45, 2.75) is 26.9 Å². The first-order valence-corrected chi connectivity index (χ1v) is 4.53. The van der Waals surface area contributed by atoms with E-state index in [1.165, 1.54) is 5.69 Å². The van der Waals surface area contributed by atoms with Crippen molar-refractivity contribution in [3.63, 3.8) is 0 Å². The summed E-state index contributed by atoms with van der Waals surface area (Å²) in [5.41, 5.74) is 3.34. The number of aromatic nitrogens is 1. The SMILES string of the molecule is Cc1cc(C)n(I)c1C(C)O. The molecule has 0 bridgehead atoms. The Balaban J connectivity index is 3.22. The van der Waals surface area contributed by atoms with E-state index in [1.807, 2.05) is 16.6 Å². The predicted molar refractivity (Wildman–Crippen MR) is 54.0 cm³/mol. The quantitative estimate of drug-likeness (QED) is 0.775. The first kappa shape index (κ1) is 9.06. The smallest absolute Gasteiger partial charge is 0.0922 e. The van der Waals surface area contributed by atoms with Crippen LogP contribution in [-0.2, 0) is 0 Å². The fraction of sp³-hybridized carbons (Fsp3) is 0.500. The molecule has 0 aliphatic carbocycles. The minimum Gasteiger partial charge on any atom is -0.387 e. The summed E-state index contributed by atoms with van der Waals surface area (Å²) in [6.45, 7) is 5.84. The molecule has 1 rings (SSSR count). The normalized spacial score (nSPS) is 13.5. The molecular weight excluding hydrogens is 253 g/mol. The molecule has 0 fully saturated rings. The number of nitrogens with zero attached hydrogens (tertiary/aromatic N) is 1. The van der Waals surface area contributed by atoms with E-state index < -0.39 is 0 Å². The van der Waals surface area contributed by atoms with Crippen LogP contribution >= 0.6 is 22.9 Å². The lowest BCUT2D eigenvalue weighted by atomic mass is 10.2. The lowest BCUT2D eigenvalue weighted by Crippen LogP contribution is -1.98. The van der Waals surface area contributed by atoms with Crippen LogP contribution in [0.2, 0.25) is 0 Å². The van der Waals surface area contributed by atoms with E-state index >= 15 is 0 Å². The first-order valence-electron chi connectivity index (χ1n) is 3.57. The van der Waals surface area contributed by atoms with Crippen molar-refractivity contribution in [3.05, 3.63) is 23.0 Å². The number of hydrogen-bond donors (Lipinski definition) is 1. The number of aryl methyl sites for hydroxylation is 2. The third kappa shape index (κ3) is 1.59. The van der Waals surface area contributed by atoms with Gasteiger partial charge < -0.3 is 5.11 Å². The summed E-state index contributed by atoms with van der Waals surface area (Å²) in [4.78, 5) is 0. The van der Waals surface area contributed by atoms with Crippen LogP contribution in [0, 0.1) is 13.8 Å². The Bertz CT molecular complexity index is 265. The molecule has 0 aliphatic heterocycles. The minimum atomic E-state index is -0.374. The van der Waals surface area contributed by atoms with E-state index in [2.05, 4.69) is 28.9 Å². The molecule has 1 unspecified atom stereocenters. The highest BCUT2D eigenvalue weighted by Gasteiger charge is 2.11. The highest BCUT2D eigenvalue weighted by molar-refractivity contribution is 14.1. The number of halogens is 1. The second-order valence-electron chi connectivity index (χ2n) is 2.81. The van der Waals surface area contributed by atoms with Gasteiger partial charge in [-0.1, -0.05) is 0 Å². The molecule has 0 saturated heterocycles. The molecule has 1 heterocycles. The fourth-order valence-corrected chi connectivity index (χ4v) is 2.21. The number of aliphatic hydroxyl groups excluding tert-OH is 1. The van der Waals surface area contributed by atoms with Crippen LogP contribution in [-0.4, -0.2) is 7.89 Å². The first-order chi connectivity index (χ1) is 5.04. The van der Waals surface area contributed by atoms with Gasteiger partial charge in [-0.25, -0.2) is 0 Å². The predicted octanol–water partition coefficient (Wildman–Crippen LogP) is 2.36. The van der Waals surface area contributed by atoms with Crippen LogP contribution < -0.4 is 0 Å². The third-order valence-corrected chi connectivity index (χ3v) is 3.03. The van der Waals surface area contributed by atoms with Crippen LogP contribution in [0.1, 0.15) is 30.0 Å². The molecular formula is C8H12INO. The van der Waals surface area contributed by atoms with Crippen molar-refractivity contribution in [2.75, 3.05) is 0 Å². The van der Waals surface area contributed by atoms with E-state index in [-0.39, 0.29) is 6.10 Å². The molecule has 1 atom stereocenters. The Morgan fingerprint density at radius 1 is 1.55 bits per heavy atom. The summed E-state index contributed by atoms with van der Waals surface area (Å²) in [6, 6.07) is 2.08. The molecule has 2 nitrogen and oxygen atoms in total. The Morgan fingerprint density at radius 2 is 2.09 bits per heavy atom. The Labute approximate surface area is 80.7 Å². The van der Waals surface area contributed by atoms with Crippen molar-refractivity contribution in [1.29, 1.82) is 0 Å². The molecule has 62 valence electrons. The van der Waals surface area contributed by atoms with Gasteiger partial charge in [0.2, 0.25) is 0 Å². The number of rotatable bonds is 1. The third-order valence-electron chi connectivity index (χ3n) is 1.75. The molecule has 0 spiro atoms. The van der Waals surface area contributed by atoms with Crippen molar-refractivity contribution in [2.24, 2.45) is 0 Å². The van der Waals surface area contributed by atoms with Gasteiger partial charge in [-0.05, 0) is 32.4 Å². The van der Waals surface area contributed by atoms with E-state index in [0.29, 0.717) is 0 Å². The molecule has 0 amide bonds. The topological polar surface area (TPSA) is 25.2 Å². The molecule has 0 radical (unpaired) electrons. The largest absolute Gasteiger partial charge is 0.387 e. The molecule has 1 N–H and O–H groups in total. The Hall–Kier alpha value is -0.0300. The van der Waals surface area contributed by atoms with Gasteiger partial charge in [-0.3, -0.25) is 2.78 Å². The van der Waals surface area contributed by atoms with E-state index in [4.69, 9.17) is 0 Å².